The highest BCUT2D eigenvalue weighted by Gasteiger charge is 2.49. The number of esters is 1. The lowest BCUT2D eigenvalue weighted by Crippen LogP contribution is -2.46. The van der Waals surface area contributed by atoms with Crippen molar-refractivity contribution in [3.05, 3.63) is 0 Å². The maximum atomic E-state index is 12.9. The highest BCUT2D eigenvalue weighted by Crippen LogP contribution is 2.48. The molecule has 1 aliphatic heterocycles. The zero-order chi connectivity index (χ0) is 16.3. The molecular formula is C17H32O3S. The lowest BCUT2D eigenvalue weighted by molar-refractivity contribution is -0.193. The first-order chi connectivity index (χ1) is 9.52. The number of thioether (sulfide) groups is 1. The van der Waals surface area contributed by atoms with E-state index in [-0.39, 0.29) is 23.1 Å². The zero-order valence-electron chi connectivity index (χ0n) is 14.7. The summed E-state index contributed by atoms with van der Waals surface area (Å²) in [5.74, 6) is 1.60. The molecule has 1 heterocycles. The highest BCUT2D eigenvalue weighted by atomic mass is 32.2. The summed E-state index contributed by atoms with van der Waals surface area (Å²) < 4.78 is 11.2. The van der Waals surface area contributed by atoms with Gasteiger partial charge in [0.05, 0.1) is 17.8 Å². The van der Waals surface area contributed by atoms with Crippen molar-refractivity contribution in [3.63, 3.8) is 0 Å². The van der Waals surface area contributed by atoms with E-state index in [1.54, 1.807) is 11.8 Å². The second-order valence-corrected chi connectivity index (χ2v) is 9.21. The second-order valence-electron chi connectivity index (χ2n) is 8.06. The maximum Gasteiger partial charge on any atom is 0.314 e. The molecule has 0 aliphatic carbocycles. The van der Waals surface area contributed by atoms with E-state index in [0.29, 0.717) is 6.61 Å². The van der Waals surface area contributed by atoms with Gasteiger partial charge in [-0.3, -0.25) is 4.79 Å². The molecule has 0 aromatic rings. The van der Waals surface area contributed by atoms with Gasteiger partial charge in [0.2, 0.25) is 6.29 Å². The molecule has 2 atom stereocenters. The van der Waals surface area contributed by atoms with Gasteiger partial charge in [-0.15, -0.1) is 0 Å². The SMILES string of the molecule is CCC(C)(C)CC(C)(C(=O)OC1CSCCO1)C(C)(C)C. The molecule has 1 aliphatic rings. The van der Waals surface area contributed by atoms with Crippen LogP contribution in [-0.4, -0.2) is 30.4 Å². The Kier molecular flexibility index (Phi) is 6.19. The Morgan fingerprint density at radius 1 is 1.24 bits per heavy atom. The first kappa shape index (κ1) is 18.8. The lowest BCUT2D eigenvalue weighted by Gasteiger charge is -2.44. The standard InChI is InChI=1S/C17H32O3S/c1-8-16(5,6)12-17(7,15(2,3)4)14(18)20-13-11-21-10-9-19-13/h13H,8-12H2,1-7H3. The van der Waals surface area contributed by atoms with Gasteiger partial charge in [-0.1, -0.05) is 48.0 Å². The Balaban J connectivity index is 2.88. The second kappa shape index (κ2) is 6.91. The number of carbonyl (C=O) groups is 1. The molecule has 0 aromatic carbocycles. The summed E-state index contributed by atoms with van der Waals surface area (Å²) in [5, 5.41) is 0. The van der Waals surface area contributed by atoms with Gasteiger partial charge in [-0.2, -0.15) is 11.8 Å². The lowest BCUT2D eigenvalue weighted by atomic mass is 9.60. The van der Waals surface area contributed by atoms with Gasteiger partial charge in [0, 0.05) is 5.75 Å². The number of ether oxygens (including phenoxy) is 2. The third-order valence-corrected chi connectivity index (χ3v) is 5.88. The van der Waals surface area contributed by atoms with Crippen LogP contribution in [0.25, 0.3) is 0 Å². The van der Waals surface area contributed by atoms with Crippen molar-refractivity contribution >= 4 is 17.7 Å². The van der Waals surface area contributed by atoms with Crippen molar-refractivity contribution in [3.8, 4) is 0 Å². The fraction of sp³-hybridized carbons (Fsp3) is 0.941. The monoisotopic (exact) mass is 316 g/mol. The number of hydrogen-bond acceptors (Lipinski definition) is 4. The van der Waals surface area contributed by atoms with E-state index in [4.69, 9.17) is 9.47 Å². The number of rotatable bonds is 5. The topological polar surface area (TPSA) is 35.5 Å². The Labute approximate surface area is 134 Å². The van der Waals surface area contributed by atoms with Crippen LogP contribution < -0.4 is 0 Å². The van der Waals surface area contributed by atoms with E-state index in [1.807, 2.05) is 6.92 Å². The van der Waals surface area contributed by atoms with Crippen LogP contribution in [-0.2, 0) is 14.3 Å². The minimum Gasteiger partial charge on any atom is -0.434 e. The molecule has 21 heavy (non-hydrogen) atoms. The van der Waals surface area contributed by atoms with Gasteiger partial charge >= 0.3 is 5.97 Å². The molecule has 1 rings (SSSR count). The van der Waals surface area contributed by atoms with Crippen LogP contribution in [0.4, 0.5) is 0 Å². The molecule has 3 nitrogen and oxygen atoms in total. The molecule has 2 unspecified atom stereocenters. The summed E-state index contributed by atoms with van der Waals surface area (Å²) in [4.78, 5) is 12.9. The zero-order valence-corrected chi connectivity index (χ0v) is 15.6. The van der Waals surface area contributed by atoms with Crippen LogP contribution in [0.15, 0.2) is 0 Å². The fourth-order valence-electron chi connectivity index (χ4n) is 2.51. The third kappa shape index (κ3) is 4.88. The molecule has 0 bridgehead atoms. The van der Waals surface area contributed by atoms with E-state index in [9.17, 15) is 4.79 Å². The van der Waals surface area contributed by atoms with E-state index < -0.39 is 5.41 Å². The molecule has 0 radical (unpaired) electrons. The molecular weight excluding hydrogens is 284 g/mol. The Hall–Kier alpha value is -0.220. The van der Waals surface area contributed by atoms with Crippen molar-refractivity contribution in [2.24, 2.45) is 16.2 Å². The highest BCUT2D eigenvalue weighted by molar-refractivity contribution is 7.99. The van der Waals surface area contributed by atoms with E-state index >= 15 is 0 Å². The van der Waals surface area contributed by atoms with Crippen molar-refractivity contribution in [2.45, 2.75) is 67.6 Å². The predicted octanol–water partition coefficient (Wildman–Crippen LogP) is 4.50. The molecule has 1 saturated heterocycles. The molecule has 0 spiro atoms. The van der Waals surface area contributed by atoms with Crippen molar-refractivity contribution in [1.29, 1.82) is 0 Å². The van der Waals surface area contributed by atoms with Crippen molar-refractivity contribution < 1.29 is 14.3 Å². The summed E-state index contributed by atoms with van der Waals surface area (Å²) in [6.45, 7) is 15.7. The number of carbonyl (C=O) groups excluding carboxylic acids is 1. The molecule has 124 valence electrons. The summed E-state index contributed by atoms with van der Waals surface area (Å²) in [6.07, 6.45) is 1.48. The van der Waals surface area contributed by atoms with Crippen LogP contribution in [0.5, 0.6) is 0 Å². The quantitative estimate of drug-likeness (QED) is 0.700. The Morgan fingerprint density at radius 3 is 2.29 bits per heavy atom. The van der Waals surface area contributed by atoms with Gasteiger partial charge in [-0.05, 0) is 24.2 Å². The van der Waals surface area contributed by atoms with Gasteiger partial charge in [-0.25, -0.2) is 0 Å². The third-order valence-electron chi connectivity index (χ3n) is 4.92. The Bertz CT molecular complexity index is 354. The van der Waals surface area contributed by atoms with Crippen molar-refractivity contribution in [1.82, 2.24) is 0 Å². The molecule has 4 heteroatoms. The first-order valence-corrected chi connectivity index (χ1v) is 9.08. The average molecular weight is 317 g/mol. The normalized spacial score (nSPS) is 23.5. The van der Waals surface area contributed by atoms with Crippen LogP contribution in [0.1, 0.15) is 61.3 Å². The predicted molar refractivity (Wildman–Crippen MR) is 89.4 cm³/mol. The molecule has 0 aromatic heterocycles. The molecule has 0 saturated carbocycles. The molecule has 0 amide bonds. The van der Waals surface area contributed by atoms with E-state index in [2.05, 4.69) is 41.5 Å². The smallest absolute Gasteiger partial charge is 0.314 e. The fourth-order valence-corrected chi connectivity index (χ4v) is 3.25. The van der Waals surface area contributed by atoms with Crippen LogP contribution in [0.2, 0.25) is 0 Å². The largest absolute Gasteiger partial charge is 0.434 e. The Morgan fingerprint density at radius 2 is 1.86 bits per heavy atom. The first-order valence-electron chi connectivity index (χ1n) is 7.92. The maximum absolute atomic E-state index is 12.9. The molecule has 0 N–H and O–H groups in total. The van der Waals surface area contributed by atoms with E-state index in [0.717, 1.165) is 24.3 Å². The van der Waals surface area contributed by atoms with Crippen molar-refractivity contribution in [2.75, 3.05) is 18.1 Å². The van der Waals surface area contributed by atoms with Crippen LogP contribution in [0.3, 0.4) is 0 Å². The number of hydrogen-bond donors (Lipinski definition) is 0. The van der Waals surface area contributed by atoms with Gasteiger partial charge in [0.1, 0.15) is 0 Å². The minimum absolute atomic E-state index is 0.114. The average Bonchev–Trinajstić information content (AvgIpc) is 2.38. The molecule has 1 fully saturated rings. The van der Waals surface area contributed by atoms with E-state index in [1.165, 1.54) is 0 Å². The summed E-state index contributed by atoms with van der Waals surface area (Å²) >= 11 is 1.78. The van der Waals surface area contributed by atoms with Crippen LogP contribution >= 0.6 is 11.8 Å². The summed E-state index contributed by atoms with van der Waals surface area (Å²) in [5.41, 5.74) is -0.556. The summed E-state index contributed by atoms with van der Waals surface area (Å²) in [7, 11) is 0. The van der Waals surface area contributed by atoms with Gasteiger partial charge in [0.25, 0.3) is 0 Å². The van der Waals surface area contributed by atoms with Crippen LogP contribution in [0, 0.1) is 16.2 Å². The summed E-state index contributed by atoms with van der Waals surface area (Å²) in [6, 6.07) is 0. The van der Waals surface area contributed by atoms with Gasteiger partial charge < -0.3 is 9.47 Å². The van der Waals surface area contributed by atoms with Gasteiger partial charge in [0.15, 0.2) is 0 Å². The minimum atomic E-state index is -0.516.